The Morgan fingerprint density at radius 2 is 1.77 bits per heavy atom. The Morgan fingerprint density at radius 3 is 2.41 bits per heavy atom. The minimum atomic E-state index is -0.361. The van der Waals surface area contributed by atoms with Gasteiger partial charge < -0.3 is 10.1 Å². The molecule has 22 heavy (non-hydrogen) atoms. The van der Waals surface area contributed by atoms with Crippen molar-refractivity contribution in [1.82, 2.24) is 5.43 Å². The van der Waals surface area contributed by atoms with Crippen LogP contribution in [0.5, 0.6) is 5.75 Å². The number of hydrogen-bond donors (Lipinski definition) is 2. The number of carbonyl (C=O) groups excluding carboxylic acids is 1. The van der Waals surface area contributed by atoms with Crippen LogP contribution in [0.2, 0.25) is 0 Å². The van der Waals surface area contributed by atoms with Gasteiger partial charge in [0, 0.05) is 17.8 Å². The van der Waals surface area contributed by atoms with Crippen molar-refractivity contribution < 1.29 is 9.53 Å². The molecule has 5 nitrogen and oxygen atoms in total. The van der Waals surface area contributed by atoms with Crippen LogP contribution in [-0.2, 0) is 6.42 Å². The van der Waals surface area contributed by atoms with E-state index in [2.05, 4.69) is 15.8 Å². The van der Waals surface area contributed by atoms with Crippen LogP contribution in [0.15, 0.2) is 59.7 Å². The maximum absolute atomic E-state index is 11.7. The molecule has 0 heterocycles. The molecular weight excluding hydrogens is 278 g/mol. The average molecular weight is 297 g/mol. The number of carbonyl (C=O) groups is 1. The molecule has 0 saturated carbocycles. The number of hydrazone groups is 1. The lowest BCUT2D eigenvalue weighted by molar-refractivity contribution is 0.252. The zero-order chi connectivity index (χ0) is 15.8. The summed E-state index contributed by atoms with van der Waals surface area (Å²) in [4.78, 5) is 11.7. The molecule has 2 N–H and O–H groups in total. The Labute approximate surface area is 130 Å². The van der Waals surface area contributed by atoms with Crippen molar-refractivity contribution >= 4 is 17.4 Å². The fraction of sp³-hybridized carbons (Fsp3) is 0.176. The average Bonchev–Trinajstić information content (AvgIpc) is 2.55. The number of hydrogen-bond acceptors (Lipinski definition) is 3. The highest BCUT2D eigenvalue weighted by Crippen LogP contribution is 2.12. The number of para-hydroxylation sites is 1. The molecule has 0 bridgehead atoms. The Kier molecular flexibility index (Phi) is 5.54. The van der Waals surface area contributed by atoms with Gasteiger partial charge in [-0.15, -0.1) is 0 Å². The third-order valence-electron chi connectivity index (χ3n) is 3.00. The van der Waals surface area contributed by atoms with Gasteiger partial charge in [-0.25, -0.2) is 10.2 Å². The molecule has 2 aromatic carbocycles. The number of ether oxygens (including phenoxy) is 1. The maximum Gasteiger partial charge on any atom is 0.339 e. The SMILES string of the molecule is COc1ccc(C/C(C)=N\NC(=O)Nc2ccccc2)cc1. The summed E-state index contributed by atoms with van der Waals surface area (Å²) in [6, 6.07) is 16.6. The molecule has 0 aliphatic carbocycles. The van der Waals surface area contributed by atoms with Crippen LogP contribution < -0.4 is 15.5 Å². The van der Waals surface area contributed by atoms with Gasteiger partial charge in [0.15, 0.2) is 0 Å². The van der Waals surface area contributed by atoms with Crippen molar-refractivity contribution in [2.75, 3.05) is 12.4 Å². The second kappa shape index (κ2) is 7.83. The standard InChI is InChI=1S/C17H19N3O2/c1-13(12-14-8-10-16(22-2)11-9-14)19-20-17(21)18-15-6-4-3-5-7-15/h3-11H,12H2,1-2H3,(H2,18,20,21)/b19-13-. The number of nitrogens with zero attached hydrogens (tertiary/aromatic N) is 1. The van der Waals surface area contributed by atoms with E-state index in [1.54, 1.807) is 7.11 Å². The van der Waals surface area contributed by atoms with Crippen molar-refractivity contribution in [3.8, 4) is 5.75 Å². The van der Waals surface area contributed by atoms with Crippen LogP contribution in [0.25, 0.3) is 0 Å². The van der Waals surface area contributed by atoms with E-state index < -0.39 is 0 Å². The highest BCUT2D eigenvalue weighted by atomic mass is 16.5. The van der Waals surface area contributed by atoms with Crippen LogP contribution in [-0.4, -0.2) is 18.9 Å². The minimum absolute atomic E-state index is 0.361. The molecule has 0 aromatic heterocycles. The zero-order valence-electron chi connectivity index (χ0n) is 12.7. The first-order valence-electron chi connectivity index (χ1n) is 6.95. The van der Waals surface area contributed by atoms with E-state index >= 15 is 0 Å². The molecule has 2 amide bonds. The first-order chi connectivity index (χ1) is 10.7. The predicted octanol–water partition coefficient (Wildman–Crippen LogP) is 3.44. The molecular formula is C17H19N3O2. The van der Waals surface area contributed by atoms with Gasteiger partial charge in [0.05, 0.1) is 7.11 Å². The zero-order valence-corrected chi connectivity index (χ0v) is 12.7. The second-order valence-corrected chi connectivity index (χ2v) is 4.80. The summed E-state index contributed by atoms with van der Waals surface area (Å²) in [7, 11) is 1.64. The number of methoxy groups -OCH3 is 1. The van der Waals surface area contributed by atoms with Crippen LogP contribution in [0.1, 0.15) is 12.5 Å². The number of urea groups is 1. The van der Waals surface area contributed by atoms with Crippen molar-refractivity contribution in [1.29, 1.82) is 0 Å². The lowest BCUT2D eigenvalue weighted by Crippen LogP contribution is -2.25. The Balaban J connectivity index is 1.85. The van der Waals surface area contributed by atoms with E-state index in [1.807, 2.05) is 61.5 Å². The van der Waals surface area contributed by atoms with Gasteiger partial charge in [-0.05, 0) is 36.8 Å². The number of amides is 2. The summed E-state index contributed by atoms with van der Waals surface area (Å²) in [5, 5.41) is 6.78. The third kappa shape index (κ3) is 4.94. The highest BCUT2D eigenvalue weighted by molar-refractivity contribution is 5.91. The number of nitrogens with one attached hydrogen (secondary N) is 2. The summed E-state index contributed by atoms with van der Waals surface area (Å²) in [5.41, 5.74) is 5.13. The first kappa shape index (κ1) is 15.6. The Bertz CT molecular complexity index is 637. The van der Waals surface area contributed by atoms with Crippen molar-refractivity contribution in [3.05, 3.63) is 60.2 Å². The molecule has 0 unspecified atom stereocenters. The first-order valence-corrected chi connectivity index (χ1v) is 6.95. The van der Waals surface area contributed by atoms with Gasteiger partial charge >= 0.3 is 6.03 Å². The van der Waals surface area contributed by atoms with Crippen LogP contribution in [0, 0.1) is 0 Å². The molecule has 2 aromatic rings. The summed E-state index contributed by atoms with van der Waals surface area (Å²) in [6.07, 6.45) is 0.662. The van der Waals surface area contributed by atoms with E-state index in [0.717, 1.165) is 22.7 Å². The molecule has 114 valence electrons. The van der Waals surface area contributed by atoms with E-state index in [9.17, 15) is 4.79 Å². The largest absolute Gasteiger partial charge is 0.497 e. The molecule has 0 atom stereocenters. The van der Waals surface area contributed by atoms with Crippen molar-refractivity contribution in [3.63, 3.8) is 0 Å². The van der Waals surface area contributed by atoms with E-state index in [4.69, 9.17) is 4.74 Å². The van der Waals surface area contributed by atoms with Crippen LogP contribution in [0.4, 0.5) is 10.5 Å². The predicted molar refractivity (Wildman–Crippen MR) is 88.4 cm³/mol. The fourth-order valence-corrected chi connectivity index (χ4v) is 1.91. The van der Waals surface area contributed by atoms with Gasteiger partial charge in [0.1, 0.15) is 5.75 Å². The second-order valence-electron chi connectivity index (χ2n) is 4.80. The molecule has 2 rings (SSSR count). The van der Waals surface area contributed by atoms with Gasteiger partial charge in [0.2, 0.25) is 0 Å². The molecule has 0 aliphatic rings. The minimum Gasteiger partial charge on any atom is -0.497 e. The van der Waals surface area contributed by atoms with Crippen molar-refractivity contribution in [2.24, 2.45) is 5.10 Å². The van der Waals surface area contributed by atoms with E-state index in [1.165, 1.54) is 0 Å². The monoisotopic (exact) mass is 297 g/mol. The topological polar surface area (TPSA) is 62.7 Å². The lowest BCUT2D eigenvalue weighted by atomic mass is 10.1. The Morgan fingerprint density at radius 1 is 1.09 bits per heavy atom. The van der Waals surface area contributed by atoms with Gasteiger partial charge in [-0.1, -0.05) is 30.3 Å². The van der Waals surface area contributed by atoms with Crippen LogP contribution in [0.3, 0.4) is 0 Å². The molecule has 0 saturated heterocycles. The summed E-state index contributed by atoms with van der Waals surface area (Å²) in [6.45, 7) is 1.87. The third-order valence-corrected chi connectivity index (χ3v) is 3.00. The smallest absolute Gasteiger partial charge is 0.339 e. The van der Waals surface area contributed by atoms with Crippen LogP contribution >= 0.6 is 0 Å². The van der Waals surface area contributed by atoms with Gasteiger partial charge in [-0.3, -0.25) is 0 Å². The highest BCUT2D eigenvalue weighted by Gasteiger charge is 2.01. The summed E-state index contributed by atoms with van der Waals surface area (Å²) >= 11 is 0. The van der Waals surface area contributed by atoms with E-state index in [0.29, 0.717) is 6.42 Å². The molecule has 0 spiro atoms. The number of rotatable bonds is 5. The molecule has 0 fully saturated rings. The molecule has 0 radical (unpaired) electrons. The van der Waals surface area contributed by atoms with Crippen molar-refractivity contribution in [2.45, 2.75) is 13.3 Å². The number of anilines is 1. The van der Waals surface area contributed by atoms with Gasteiger partial charge in [0.25, 0.3) is 0 Å². The quantitative estimate of drug-likeness (QED) is 0.656. The summed E-state index contributed by atoms with van der Waals surface area (Å²) < 4.78 is 5.11. The normalized spacial score (nSPS) is 10.9. The Hall–Kier alpha value is -2.82. The summed E-state index contributed by atoms with van der Waals surface area (Å²) in [5.74, 6) is 0.818. The molecule has 0 aliphatic heterocycles. The maximum atomic E-state index is 11.7. The van der Waals surface area contributed by atoms with Gasteiger partial charge in [-0.2, -0.15) is 5.10 Å². The fourth-order valence-electron chi connectivity index (χ4n) is 1.91. The lowest BCUT2D eigenvalue weighted by Gasteiger charge is -2.06. The van der Waals surface area contributed by atoms with E-state index in [-0.39, 0.29) is 6.03 Å². The molecule has 5 heteroatoms. The number of benzene rings is 2.